The molecule has 0 spiro atoms. The third-order valence-electron chi connectivity index (χ3n) is 4.45. The molecule has 3 unspecified atom stereocenters. The van der Waals surface area contributed by atoms with Crippen molar-refractivity contribution in [1.29, 1.82) is 0 Å². The maximum atomic E-state index is 4.30. The van der Waals surface area contributed by atoms with Crippen LogP contribution in [-0.2, 0) is 6.54 Å². The van der Waals surface area contributed by atoms with E-state index in [1.54, 1.807) is 0 Å². The molecule has 3 rings (SSSR count). The van der Waals surface area contributed by atoms with E-state index in [0.717, 1.165) is 24.3 Å². The molecule has 0 aromatic carbocycles. The number of hydrogen-bond donors (Lipinski definition) is 1. The van der Waals surface area contributed by atoms with Gasteiger partial charge in [-0.15, -0.1) is 10.2 Å². The monoisotopic (exact) mass is 234 g/mol. The van der Waals surface area contributed by atoms with Gasteiger partial charge in [-0.25, -0.2) is 0 Å². The van der Waals surface area contributed by atoms with Crippen molar-refractivity contribution < 1.29 is 0 Å². The summed E-state index contributed by atoms with van der Waals surface area (Å²) in [7, 11) is 0. The van der Waals surface area contributed by atoms with E-state index in [1.807, 2.05) is 6.33 Å². The number of fused-ring (bicyclic) bond motifs is 1. The number of aromatic nitrogens is 3. The van der Waals surface area contributed by atoms with Crippen LogP contribution in [0.15, 0.2) is 6.33 Å². The lowest BCUT2D eigenvalue weighted by Gasteiger charge is -2.40. The summed E-state index contributed by atoms with van der Waals surface area (Å²) >= 11 is 0. The Labute approximate surface area is 103 Å². The summed E-state index contributed by atoms with van der Waals surface area (Å²) < 4.78 is 2.17. The molecule has 1 aromatic rings. The third kappa shape index (κ3) is 2.10. The topological polar surface area (TPSA) is 42.7 Å². The molecule has 4 nitrogen and oxygen atoms in total. The highest BCUT2D eigenvalue weighted by Gasteiger charge is 2.33. The first-order chi connectivity index (χ1) is 8.38. The van der Waals surface area contributed by atoms with Gasteiger partial charge in [0.1, 0.15) is 12.2 Å². The van der Waals surface area contributed by atoms with Crippen LogP contribution in [-0.4, -0.2) is 20.8 Å². The molecule has 3 atom stereocenters. The molecule has 17 heavy (non-hydrogen) atoms. The summed E-state index contributed by atoms with van der Waals surface area (Å²) in [5, 5.41) is 12.2. The van der Waals surface area contributed by atoms with E-state index in [1.165, 1.54) is 38.5 Å². The molecule has 4 heteroatoms. The molecule has 0 radical (unpaired) electrons. The number of rotatable bonds is 2. The minimum absolute atomic E-state index is 0.428. The maximum Gasteiger partial charge on any atom is 0.149 e. The van der Waals surface area contributed by atoms with Gasteiger partial charge in [-0.05, 0) is 38.5 Å². The molecule has 1 aliphatic carbocycles. The molecule has 1 N–H and O–H groups in total. The van der Waals surface area contributed by atoms with Crippen LogP contribution in [0.4, 0.5) is 0 Å². The number of piperidine rings is 1. The van der Waals surface area contributed by atoms with E-state index in [2.05, 4.69) is 27.0 Å². The zero-order valence-electron chi connectivity index (χ0n) is 10.6. The molecular formula is C13H22N4. The molecule has 1 aromatic heterocycles. The van der Waals surface area contributed by atoms with Crippen LogP contribution in [0.5, 0.6) is 0 Å². The predicted octanol–water partition coefficient (Wildman–Crippen LogP) is 2.28. The van der Waals surface area contributed by atoms with Crippen LogP contribution in [0.3, 0.4) is 0 Å². The Bertz CT molecular complexity index is 373. The molecule has 1 aliphatic heterocycles. The lowest BCUT2D eigenvalue weighted by Crippen LogP contribution is -2.45. The van der Waals surface area contributed by atoms with Gasteiger partial charge in [-0.1, -0.05) is 12.8 Å². The van der Waals surface area contributed by atoms with Crippen molar-refractivity contribution in [1.82, 2.24) is 20.1 Å². The fraction of sp³-hybridized carbons (Fsp3) is 0.846. The fourth-order valence-corrected chi connectivity index (χ4v) is 3.48. The summed E-state index contributed by atoms with van der Waals surface area (Å²) in [5.41, 5.74) is 0. The number of nitrogens with zero attached hydrogens (tertiary/aromatic N) is 3. The summed E-state index contributed by atoms with van der Waals surface area (Å²) in [6, 6.07) is 1.15. The van der Waals surface area contributed by atoms with E-state index >= 15 is 0 Å². The highest BCUT2D eigenvalue weighted by atomic mass is 15.3. The minimum Gasteiger partial charge on any atom is -0.317 e. The maximum absolute atomic E-state index is 4.30. The smallest absolute Gasteiger partial charge is 0.149 e. The average molecular weight is 234 g/mol. The molecule has 0 bridgehead atoms. The second-order valence-corrected chi connectivity index (χ2v) is 5.42. The molecule has 1 saturated heterocycles. The Morgan fingerprint density at radius 2 is 2.18 bits per heavy atom. The van der Waals surface area contributed by atoms with E-state index in [9.17, 15) is 0 Å². The Kier molecular flexibility index (Phi) is 3.14. The second kappa shape index (κ2) is 4.77. The van der Waals surface area contributed by atoms with Crippen molar-refractivity contribution >= 4 is 0 Å². The van der Waals surface area contributed by atoms with Gasteiger partial charge in [0.05, 0.1) is 6.04 Å². The minimum atomic E-state index is 0.428. The van der Waals surface area contributed by atoms with Gasteiger partial charge < -0.3 is 9.88 Å². The van der Waals surface area contributed by atoms with Crippen molar-refractivity contribution in [2.24, 2.45) is 5.92 Å². The van der Waals surface area contributed by atoms with Crippen LogP contribution in [0.2, 0.25) is 0 Å². The lowest BCUT2D eigenvalue weighted by molar-refractivity contribution is 0.171. The van der Waals surface area contributed by atoms with Gasteiger partial charge in [-0.2, -0.15) is 0 Å². The van der Waals surface area contributed by atoms with E-state index < -0.39 is 0 Å². The first-order valence-electron chi connectivity index (χ1n) is 7.02. The van der Waals surface area contributed by atoms with E-state index in [-0.39, 0.29) is 0 Å². The summed E-state index contributed by atoms with van der Waals surface area (Å²) in [5.74, 6) is 2.05. The second-order valence-electron chi connectivity index (χ2n) is 5.42. The largest absolute Gasteiger partial charge is 0.317 e. The summed E-state index contributed by atoms with van der Waals surface area (Å²) in [6.45, 7) is 3.12. The molecule has 2 aliphatic rings. The van der Waals surface area contributed by atoms with Gasteiger partial charge in [0, 0.05) is 12.6 Å². The van der Waals surface area contributed by atoms with Crippen molar-refractivity contribution in [3.8, 4) is 0 Å². The summed E-state index contributed by atoms with van der Waals surface area (Å²) in [6.07, 6.45) is 10.0. The van der Waals surface area contributed by atoms with E-state index in [0.29, 0.717) is 6.04 Å². The quantitative estimate of drug-likeness (QED) is 0.853. The zero-order chi connectivity index (χ0) is 11.7. The van der Waals surface area contributed by atoms with Crippen molar-refractivity contribution in [3.05, 3.63) is 12.2 Å². The molecule has 0 amide bonds. The normalized spacial score (nSPS) is 33.4. The Balaban J connectivity index is 1.73. The SMILES string of the molecule is CCn1cnnc1C1CCC2CCCCC2N1. The first-order valence-corrected chi connectivity index (χ1v) is 7.02. The van der Waals surface area contributed by atoms with E-state index in [4.69, 9.17) is 0 Å². The third-order valence-corrected chi connectivity index (χ3v) is 4.45. The van der Waals surface area contributed by atoms with Gasteiger partial charge in [0.15, 0.2) is 0 Å². The highest BCUT2D eigenvalue weighted by molar-refractivity contribution is 5.00. The molecule has 94 valence electrons. The van der Waals surface area contributed by atoms with Gasteiger partial charge in [-0.3, -0.25) is 0 Å². The number of aryl methyl sites for hydroxylation is 1. The summed E-state index contributed by atoms with van der Waals surface area (Å²) in [4.78, 5) is 0. The first kappa shape index (κ1) is 11.2. The van der Waals surface area contributed by atoms with Crippen LogP contribution < -0.4 is 5.32 Å². The molecular weight excluding hydrogens is 212 g/mol. The van der Waals surface area contributed by atoms with Crippen molar-refractivity contribution in [2.75, 3.05) is 0 Å². The average Bonchev–Trinajstić information content (AvgIpc) is 2.86. The van der Waals surface area contributed by atoms with Crippen LogP contribution in [0.1, 0.15) is 57.3 Å². The van der Waals surface area contributed by atoms with Crippen LogP contribution >= 0.6 is 0 Å². The fourth-order valence-electron chi connectivity index (χ4n) is 3.48. The highest BCUT2D eigenvalue weighted by Crippen LogP contribution is 2.36. The van der Waals surface area contributed by atoms with Gasteiger partial charge in [0.25, 0.3) is 0 Å². The Morgan fingerprint density at radius 3 is 3.06 bits per heavy atom. The van der Waals surface area contributed by atoms with Crippen molar-refractivity contribution in [3.63, 3.8) is 0 Å². The standard InChI is InChI=1S/C13H22N4/c1-2-17-9-14-16-13(17)12-8-7-10-5-3-4-6-11(10)15-12/h9-12,15H,2-8H2,1H3. The Hall–Kier alpha value is -0.900. The number of nitrogens with one attached hydrogen (secondary N) is 1. The molecule has 1 saturated carbocycles. The van der Waals surface area contributed by atoms with Gasteiger partial charge >= 0.3 is 0 Å². The number of hydrogen-bond acceptors (Lipinski definition) is 3. The Morgan fingerprint density at radius 1 is 1.29 bits per heavy atom. The van der Waals surface area contributed by atoms with Crippen molar-refractivity contribution in [2.45, 2.75) is 64.1 Å². The molecule has 2 heterocycles. The van der Waals surface area contributed by atoms with Crippen LogP contribution in [0, 0.1) is 5.92 Å². The predicted molar refractivity (Wildman–Crippen MR) is 66.6 cm³/mol. The lowest BCUT2D eigenvalue weighted by atomic mass is 9.77. The molecule has 2 fully saturated rings. The zero-order valence-corrected chi connectivity index (χ0v) is 10.6. The van der Waals surface area contributed by atoms with Gasteiger partial charge in [0.2, 0.25) is 0 Å². The van der Waals surface area contributed by atoms with Crippen LogP contribution in [0.25, 0.3) is 0 Å².